The summed E-state index contributed by atoms with van der Waals surface area (Å²) in [6.45, 7) is 2.91. The summed E-state index contributed by atoms with van der Waals surface area (Å²) in [6, 6.07) is 2.62. The van der Waals surface area contributed by atoms with Crippen LogP contribution in [-0.4, -0.2) is 12.6 Å². The highest BCUT2D eigenvalue weighted by Crippen LogP contribution is 2.09. The number of nitrogens with one attached hydrogen (secondary N) is 1. The van der Waals surface area contributed by atoms with E-state index in [-0.39, 0.29) is 18.3 Å². The molecular formula is C5H9ClN2. The first-order chi connectivity index (χ1) is 3.34. The van der Waals surface area contributed by atoms with Gasteiger partial charge in [-0.05, 0) is 6.92 Å². The Bertz CT molecular complexity index is 107. The van der Waals surface area contributed by atoms with Crippen molar-refractivity contribution in [3.05, 3.63) is 0 Å². The largest absolute Gasteiger partial charge is 0.312 e. The molecule has 1 heterocycles. The van der Waals surface area contributed by atoms with Gasteiger partial charge >= 0.3 is 0 Å². The SMILES string of the molecule is C[C@H]1NCC1C#N.Cl. The summed E-state index contributed by atoms with van der Waals surface area (Å²) in [7, 11) is 0. The second-order valence-electron chi connectivity index (χ2n) is 1.93. The van der Waals surface area contributed by atoms with Gasteiger partial charge in [0.05, 0.1) is 12.0 Å². The molecule has 2 atom stereocenters. The first-order valence-corrected chi connectivity index (χ1v) is 2.47. The molecule has 0 amide bonds. The molecule has 0 aromatic carbocycles. The molecule has 0 spiro atoms. The maximum atomic E-state index is 8.27. The summed E-state index contributed by atoms with van der Waals surface area (Å²) in [5.41, 5.74) is 0. The van der Waals surface area contributed by atoms with Gasteiger partial charge in [0.15, 0.2) is 0 Å². The lowest BCUT2D eigenvalue weighted by Gasteiger charge is -2.29. The van der Waals surface area contributed by atoms with Crippen LogP contribution in [0, 0.1) is 17.2 Å². The Morgan fingerprint density at radius 2 is 2.38 bits per heavy atom. The summed E-state index contributed by atoms with van der Waals surface area (Å²) in [4.78, 5) is 0. The van der Waals surface area contributed by atoms with Crippen LogP contribution in [0.25, 0.3) is 0 Å². The van der Waals surface area contributed by atoms with E-state index in [9.17, 15) is 0 Å². The van der Waals surface area contributed by atoms with Gasteiger partial charge in [0, 0.05) is 12.6 Å². The maximum absolute atomic E-state index is 8.27. The summed E-state index contributed by atoms with van der Waals surface area (Å²) in [6.07, 6.45) is 0. The minimum Gasteiger partial charge on any atom is -0.312 e. The Morgan fingerprint density at radius 3 is 2.38 bits per heavy atom. The Labute approximate surface area is 55.3 Å². The normalized spacial score (nSPS) is 34.0. The molecule has 1 rings (SSSR count). The van der Waals surface area contributed by atoms with E-state index < -0.39 is 0 Å². The molecule has 8 heavy (non-hydrogen) atoms. The van der Waals surface area contributed by atoms with Gasteiger partial charge in [0.25, 0.3) is 0 Å². The molecule has 0 aliphatic carbocycles. The van der Waals surface area contributed by atoms with E-state index in [4.69, 9.17) is 5.26 Å². The molecule has 1 aliphatic rings. The molecule has 46 valence electrons. The third-order valence-corrected chi connectivity index (χ3v) is 1.43. The van der Waals surface area contributed by atoms with Crippen LogP contribution in [0.1, 0.15) is 6.92 Å². The van der Waals surface area contributed by atoms with Crippen LogP contribution in [0.2, 0.25) is 0 Å². The van der Waals surface area contributed by atoms with Gasteiger partial charge in [0.2, 0.25) is 0 Å². The molecule has 0 aromatic heterocycles. The summed E-state index contributed by atoms with van der Waals surface area (Å²) < 4.78 is 0. The molecule has 1 unspecified atom stereocenters. The molecule has 1 fully saturated rings. The molecule has 0 saturated carbocycles. The average molecular weight is 133 g/mol. The summed E-state index contributed by atoms with van der Waals surface area (Å²) >= 11 is 0. The number of nitrogens with zero attached hydrogens (tertiary/aromatic N) is 1. The van der Waals surface area contributed by atoms with Crippen molar-refractivity contribution in [1.29, 1.82) is 5.26 Å². The summed E-state index contributed by atoms with van der Waals surface area (Å²) in [5.74, 6) is 0.278. The van der Waals surface area contributed by atoms with Gasteiger partial charge in [-0.25, -0.2) is 0 Å². The lowest BCUT2D eigenvalue weighted by atomic mass is 9.95. The Balaban J connectivity index is 0.000000490. The van der Waals surface area contributed by atoms with E-state index in [1.807, 2.05) is 6.92 Å². The van der Waals surface area contributed by atoms with E-state index in [0.717, 1.165) is 6.54 Å². The van der Waals surface area contributed by atoms with Crippen molar-refractivity contribution in [3.8, 4) is 6.07 Å². The van der Waals surface area contributed by atoms with Gasteiger partial charge in [-0.15, -0.1) is 12.4 Å². The second kappa shape index (κ2) is 2.91. The van der Waals surface area contributed by atoms with Crippen LogP contribution in [0.5, 0.6) is 0 Å². The van der Waals surface area contributed by atoms with E-state index in [0.29, 0.717) is 6.04 Å². The molecule has 1 aliphatic heterocycles. The van der Waals surface area contributed by atoms with Crippen LogP contribution in [0.15, 0.2) is 0 Å². The zero-order valence-electron chi connectivity index (χ0n) is 4.72. The Hall–Kier alpha value is -0.260. The fourth-order valence-corrected chi connectivity index (χ4v) is 0.629. The molecule has 2 nitrogen and oxygen atoms in total. The monoisotopic (exact) mass is 132 g/mol. The van der Waals surface area contributed by atoms with Gasteiger partial charge in [-0.1, -0.05) is 0 Å². The van der Waals surface area contributed by atoms with E-state index in [2.05, 4.69) is 11.4 Å². The molecular weight excluding hydrogens is 124 g/mol. The molecule has 0 aromatic rings. The number of hydrogen-bond donors (Lipinski definition) is 1. The van der Waals surface area contributed by atoms with Crippen molar-refractivity contribution >= 4 is 12.4 Å². The van der Waals surface area contributed by atoms with Crippen LogP contribution in [0.4, 0.5) is 0 Å². The highest BCUT2D eigenvalue weighted by molar-refractivity contribution is 5.85. The average Bonchev–Trinajstić information content (AvgIpc) is 1.65. The van der Waals surface area contributed by atoms with Crippen LogP contribution < -0.4 is 5.32 Å². The third-order valence-electron chi connectivity index (χ3n) is 1.43. The summed E-state index contributed by atoms with van der Waals surface area (Å²) in [5, 5.41) is 11.4. The van der Waals surface area contributed by atoms with Gasteiger partial charge in [-0.3, -0.25) is 0 Å². The third kappa shape index (κ3) is 1.12. The number of hydrogen-bond acceptors (Lipinski definition) is 2. The maximum Gasteiger partial charge on any atom is 0.0738 e. The lowest BCUT2D eigenvalue weighted by Crippen LogP contribution is -2.49. The lowest BCUT2D eigenvalue weighted by molar-refractivity contribution is 0.315. The smallest absolute Gasteiger partial charge is 0.0738 e. The predicted molar refractivity (Wildman–Crippen MR) is 33.8 cm³/mol. The van der Waals surface area contributed by atoms with Crippen molar-refractivity contribution in [1.82, 2.24) is 5.32 Å². The van der Waals surface area contributed by atoms with Crippen molar-refractivity contribution < 1.29 is 0 Å². The molecule has 0 radical (unpaired) electrons. The van der Waals surface area contributed by atoms with Crippen molar-refractivity contribution in [3.63, 3.8) is 0 Å². The topological polar surface area (TPSA) is 35.8 Å². The van der Waals surface area contributed by atoms with Crippen LogP contribution in [0.3, 0.4) is 0 Å². The first-order valence-electron chi connectivity index (χ1n) is 2.47. The number of halogens is 1. The Morgan fingerprint density at radius 1 is 1.75 bits per heavy atom. The predicted octanol–water partition coefficient (Wildman–Crippen LogP) is 0.540. The Kier molecular flexibility index (Phi) is 2.81. The standard InChI is InChI=1S/C5H8N2.ClH/c1-4-5(2-6)3-7-4;/h4-5,7H,3H2,1H3;1H/t4-,5?;/m1./s1. The van der Waals surface area contributed by atoms with Crippen molar-refractivity contribution in [2.24, 2.45) is 5.92 Å². The van der Waals surface area contributed by atoms with Gasteiger partial charge in [-0.2, -0.15) is 5.26 Å². The quantitative estimate of drug-likeness (QED) is 0.522. The highest BCUT2D eigenvalue weighted by atomic mass is 35.5. The fraction of sp³-hybridized carbons (Fsp3) is 0.800. The number of nitriles is 1. The zero-order chi connectivity index (χ0) is 5.28. The van der Waals surface area contributed by atoms with Crippen LogP contribution >= 0.6 is 12.4 Å². The molecule has 0 bridgehead atoms. The van der Waals surface area contributed by atoms with E-state index in [1.54, 1.807) is 0 Å². The van der Waals surface area contributed by atoms with E-state index in [1.165, 1.54) is 0 Å². The second-order valence-corrected chi connectivity index (χ2v) is 1.93. The fourth-order valence-electron chi connectivity index (χ4n) is 0.629. The highest BCUT2D eigenvalue weighted by Gasteiger charge is 2.24. The van der Waals surface area contributed by atoms with Crippen molar-refractivity contribution in [2.45, 2.75) is 13.0 Å². The minimum atomic E-state index is 0. The minimum absolute atomic E-state index is 0. The van der Waals surface area contributed by atoms with Gasteiger partial charge in [0.1, 0.15) is 0 Å². The number of rotatable bonds is 0. The van der Waals surface area contributed by atoms with Crippen LogP contribution in [-0.2, 0) is 0 Å². The van der Waals surface area contributed by atoms with Crippen molar-refractivity contribution in [2.75, 3.05) is 6.54 Å². The molecule has 1 N–H and O–H groups in total. The van der Waals surface area contributed by atoms with Gasteiger partial charge < -0.3 is 5.32 Å². The molecule has 1 saturated heterocycles. The first kappa shape index (κ1) is 7.74. The van der Waals surface area contributed by atoms with E-state index >= 15 is 0 Å². The zero-order valence-corrected chi connectivity index (χ0v) is 5.53. The molecule has 3 heteroatoms.